The van der Waals surface area contributed by atoms with Crippen molar-refractivity contribution in [3.05, 3.63) is 47.5 Å². The van der Waals surface area contributed by atoms with Crippen molar-refractivity contribution in [2.24, 2.45) is 0 Å². The fourth-order valence-corrected chi connectivity index (χ4v) is 4.81. The number of esters is 1. The van der Waals surface area contributed by atoms with Crippen LogP contribution in [0.2, 0.25) is 0 Å². The van der Waals surface area contributed by atoms with Gasteiger partial charge in [-0.15, -0.1) is 0 Å². The third-order valence-corrected chi connectivity index (χ3v) is 7.18. The Balaban J connectivity index is 1.69. The molecule has 9 nitrogen and oxygen atoms in total. The molecule has 0 saturated heterocycles. The second-order valence-corrected chi connectivity index (χ2v) is 9.69. The molecule has 2 N–H and O–H groups in total. The van der Waals surface area contributed by atoms with Gasteiger partial charge in [-0.2, -0.15) is 0 Å². The topological polar surface area (TPSA) is 128 Å². The van der Waals surface area contributed by atoms with Gasteiger partial charge in [0.05, 0.1) is 28.0 Å². The number of carbonyl (C=O) groups excluding carboxylic acids is 3. The van der Waals surface area contributed by atoms with Crippen LogP contribution >= 0.6 is 0 Å². The third kappa shape index (κ3) is 5.08. The summed E-state index contributed by atoms with van der Waals surface area (Å²) >= 11 is 0. The van der Waals surface area contributed by atoms with Gasteiger partial charge < -0.3 is 20.1 Å². The number of nitrogens with one attached hydrogen (secondary N) is 2. The molecule has 2 aromatic carbocycles. The van der Waals surface area contributed by atoms with Gasteiger partial charge in [-0.3, -0.25) is 9.59 Å². The van der Waals surface area contributed by atoms with Crippen LogP contribution in [-0.2, 0) is 24.2 Å². The third-order valence-electron chi connectivity index (χ3n) is 4.90. The molecule has 0 bridgehead atoms. The predicted molar refractivity (Wildman–Crippen MR) is 118 cm³/mol. The van der Waals surface area contributed by atoms with E-state index in [1.165, 1.54) is 31.2 Å². The molecule has 3 rings (SSSR count). The summed E-state index contributed by atoms with van der Waals surface area (Å²) in [6, 6.07) is 9.04. The second kappa shape index (κ2) is 9.39. The van der Waals surface area contributed by atoms with Crippen LogP contribution in [0.5, 0.6) is 5.75 Å². The van der Waals surface area contributed by atoms with Gasteiger partial charge >= 0.3 is 5.97 Å². The summed E-state index contributed by atoms with van der Waals surface area (Å²) in [5, 5.41) is 4.27. The van der Waals surface area contributed by atoms with Crippen molar-refractivity contribution in [1.29, 1.82) is 0 Å². The smallest absolute Gasteiger partial charge is 0.338 e. The minimum atomic E-state index is -3.84. The van der Waals surface area contributed by atoms with Crippen LogP contribution in [0.25, 0.3) is 0 Å². The van der Waals surface area contributed by atoms with E-state index in [1.807, 2.05) is 0 Å². The number of sulfone groups is 1. The molecule has 0 saturated carbocycles. The number of ether oxygens (including phenoxy) is 2. The fraction of sp³-hybridized carbons (Fsp3) is 0.318. The number of anilines is 2. The summed E-state index contributed by atoms with van der Waals surface area (Å²) in [5.74, 6) is -0.988. The molecule has 10 heteroatoms. The molecule has 0 aromatic heterocycles. The van der Waals surface area contributed by atoms with Gasteiger partial charge in [0.1, 0.15) is 5.75 Å². The molecule has 1 aliphatic rings. The van der Waals surface area contributed by atoms with Crippen LogP contribution < -0.4 is 15.4 Å². The maximum atomic E-state index is 13.1. The minimum Gasteiger partial charge on any atom is -0.482 e. The summed E-state index contributed by atoms with van der Waals surface area (Å²) < 4.78 is 36.4. The molecule has 32 heavy (non-hydrogen) atoms. The molecule has 2 aromatic rings. The molecule has 0 radical (unpaired) electrons. The molecule has 0 aliphatic carbocycles. The minimum absolute atomic E-state index is 0.0477. The molecule has 1 atom stereocenters. The Bertz CT molecular complexity index is 1160. The zero-order chi connectivity index (χ0) is 23.5. The number of fused-ring (bicyclic) bond motifs is 1. The van der Waals surface area contributed by atoms with Crippen molar-refractivity contribution in [1.82, 2.24) is 0 Å². The first-order valence-corrected chi connectivity index (χ1v) is 11.5. The summed E-state index contributed by atoms with van der Waals surface area (Å²) in [6.07, 6.45) is -0.268. The zero-order valence-corrected chi connectivity index (χ0v) is 18.7. The lowest BCUT2D eigenvalue weighted by Gasteiger charge is -2.21. The maximum absolute atomic E-state index is 13.1. The van der Waals surface area contributed by atoms with Gasteiger partial charge in [-0.05, 0) is 56.7 Å². The molecule has 0 fully saturated rings. The summed E-state index contributed by atoms with van der Waals surface area (Å²) in [7, 11) is -3.84. The van der Waals surface area contributed by atoms with Crippen molar-refractivity contribution in [3.8, 4) is 5.75 Å². The van der Waals surface area contributed by atoms with E-state index in [-0.39, 0.29) is 36.2 Å². The Hall–Kier alpha value is -3.40. The van der Waals surface area contributed by atoms with Gasteiger partial charge in [-0.1, -0.05) is 0 Å². The Morgan fingerprint density at radius 1 is 1.22 bits per heavy atom. The first-order valence-electron chi connectivity index (χ1n) is 10.00. The Kier molecular flexibility index (Phi) is 6.83. The molecule has 0 unspecified atom stereocenters. The Morgan fingerprint density at radius 3 is 2.56 bits per heavy atom. The van der Waals surface area contributed by atoms with Crippen molar-refractivity contribution in [3.63, 3.8) is 0 Å². The van der Waals surface area contributed by atoms with Crippen molar-refractivity contribution >= 4 is 39.0 Å². The standard InChI is InChI=1S/C22H24N2O7S/c1-4-30-22(27)15-5-7-16(8-6-15)23-20(25)10-14(3)32(28,29)19-11-18-17(9-13(19)2)24-21(26)12-31-18/h5-9,11,14H,4,10,12H2,1-3H3,(H,23,25)(H,24,26)/t14-/m0/s1. The van der Waals surface area contributed by atoms with Gasteiger partial charge in [-0.25, -0.2) is 13.2 Å². The van der Waals surface area contributed by atoms with Crippen LogP contribution in [0.3, 0.4) is 0 Å². The average Bonchev–Trinajstić information content (AvgIpc) is 2.73. The molecular weight excluding hydrogens is 436 g/mol. The quantitative estimate of drug-likeness (QED) is 0.608. The van der Waals surface area contributed by atoms with E-state index in [1.54, 1.807) is 26.0 Å². The number of carbonyl (C=O) groups is 3. The SMILES string of the molecule is CCOC(=O)c1ccc(NC(=O)C[C@H](C)S(=O)(=O)c2cc3c(cc2C)NC(=O)CO3)cc1. The van der Waals surface area contributed by atoms with E-state index < -0.39 is 27.0 Å². The Labute approximate surface area is 186 Å². The van der Waals surface area contributed by atoms with Gasteiger partial charge in [0.2, 0.25) is 5.91 Å². The number of hydrogen-bond donors (Lipinski definition) is 2. The number of hydrogen-bond acceptors (Lipinski definition) is 7. The van der Waals surface area contributed by atoms with E-state index in [2.05, 4.69) is 10.6 Å². The van der Waals surface area contributed by atoms with E-state index >= 15 is 0 Å². The van der Waals surface area contributed by atoms with E-state index in [0.717, 1.165) is 0 Å². The maximum Gasteiger partial charge on any atom is 0.338 e. The highest BCUT2D eigenvalue weighted by atomic mass is 32.2. The molecule has 1 heterocycles. The van der Waals surface area contributed by atoms with Gasteiger partial charge in [0.15, 0.2) is 16.4 Å². The highest BCUT2D eigenvalue weighted by Crippen LogP contribution is 2.34. The van der Waals surface area contributed by atoms with E-state index in [0.29, 0.717) is 22.5 Å². The normalized spacial score (nSPS) is 13.9. The summed E-state index contributed by atoms with van der Waals surface area (Å²) in [6.45, 7) is 4.85. The Morgan fingerprint density at radius 2 is 1.91 bits per heavy atom. The summed E-state index contributed by atoms with van der Waals surface area (Å²) in [4.78, 5) is 35.6. The van der Waals surface area contributed by atoms with Crippen molar-refractivity contribution in [2.45, 2.75) is 37.3 Å². The van der Waals surface area contributed by atoms with Crippen LogP contribution in [-0.4, -0.2) is 44.7 Å². The average molecular weight is 461 g/mol. The predicted octanol–water partition coefficient (Wildman–Crippen LogP) is 2.69. The lowest BCUT2D eigenvalue weighted by atomic mass is 10.2. The molecule has 2 amide bonds. The first kappa shape index (κ1) is 23.3. The molecule has 1 aliphatic heterocycles. The monoisotopic (exact) mass is 460 g/mol. The van der Waals surface area contributed by atoms with Gasteiger partial charge in [0, 0.05) is 18.2 Å². The second-order valence-electron chi connectivity index (χ2n) is 7.36. The van der Waals surface area contributed by atoms with Gasteiger partial charge in [0.25, 0.3) is 5.91 Å². The van der Waals surface area contributed by atoms with E-state index in [9.17, 15) is 22.8 Å². The van der Waals surface area contributed by atoms with Crippen molar-refractivity contribution < 1.29 is 32.3 Å². The lowest BCUT2D eigenvalue weighted by molar-refractivity contribution is -0.118. The number of aryl methyl sites for hydroxylation is 1. The number of rotatable bonds is 7. The molecule has 0 spiro atoms. The van der Waals surface area contributed by atoms with Crippen LogP contribution in [0, 0.1) is 6.92 Å². The number of benzene rings is 2. The zero-order valence-electron chi connectivity index (χ0n) is 17.9. The van der Waals surface area contributed by atoms with Crippen LogP contribution in [0.15, 0.2) is 41.3 Å². The lowest BCUT2D eigenvalue weighted by Crippen LogP contribution is -2.27. The fourth-order valence-electron chi connectivity index (χ4n) is 3.23. The number of amides is 2. The highest BCUT2D eigenvalue weighted by Gasteiger charge is 2.29. The first-order chi connectivity index (χ1) is 15.1. The molecule has 170 valence electrons. The largest absolute Gasteiger partial charge is 0.482 e. The summed E-state index contributed by atoms with van der Waals surface area (Å²) in [5.41, 5.74) is 1.63. The highest BCUT2D eigenvalue weighted by molar-refractivity contribution is 7.92. The van der Waals surface area contributed by atoms with Crippen LogP contribution in [0.4, 0.5) is 11.4 Å². The van der Waals surface area contributed by atoms with E-state index in [4.69, 9.17) is 9.47 Å². The van der Waals surface area contributed by atoms with Crippen molar-refractivity contribution in [2.75, 3.05) is 23.8 Å². The molecular formula is C22H24N2O7S. The van der Waals surface area contributed by atoms with Crippen LogP contribution in [0.1, 0.15) is 36.2 Å².